The van der Waals surface area contributed by atoms with Gasteiger partial charge in [-0.3, -0.25) is 0 Å². The van der Waals surface area contributed by atoms with Gasteiger partial charge in [0.2, 0.25) is 0 Å². The minimum atomic E-state index is 0.0626. The van der Waals surface area contributed by atoms with Crippen LogP contribution in [0.15, 0.2) is 60.7 Å². The minimum Gasteiger partial charge on any atom is -0.490 e. The van der Waals surface area contributed by atoms with Gasteiger partial charge < -0.3 is 15.8 Å². The molecule has 0 heterocycles. The Morgan fingerprint density at radius 1 is 0.906 bits per heavy atom. The summed E-state index contributed by atoms with van der Waals surface area (Å²) in [5.74, 6) is 2.03. The molecule has 0 spiro atoms. The monoisotopic (exact) mass is 446 g/mol. The first-order chi connectivity index (χ1) is 15.6. The van der Waals surface area contributed by atoms with E-state index in [1.807, 2.05) is 0 Å². The molecule has 0 amide bonds. The second-order valence-corrected chi connectivity index (χ2v) is 11.3. The Balaban J connectivity index is 1.30. The Morgan fingerprint density at radius 2 is 1.59 bits per heavy atom. The lowest BCUT2D eigenvalue weighted by Crippen LogP contribution is -2.48. The fourth-order valence-corrected chi connectivity index (χ4v) is 8.21. The summed E-state index contributed by atoms with van der Waals surface area (Å²) >= 11 is 6.25. The van der Waals surface area contributed by atoms with Crippen molar-refractivity contribution in [1.29, 1.82) is 0 Å². The molecule has 5 aliphatic carbocycles. The number of thiocarbonyl (C=S) groups is 1. The molecule has 5 unspecified atom stereocenters. The van der Waals surface area contributed by atoms with Crippen LogP contribution in [0, 0.1) is 17.3 Å². The van der Waals surface area contributed by atoms with E-state index in [0.29, 0.717) is 23.9 Å². The number of hydrogen-bond donors (Lipinski definition) is 2. The zero-order valence-electron chi connectivity index (χ0n) is 18.7. The molecule has 4 bridgehead atoms. The lowest BCUT2D eigenvalue weighted by Gasteiger charge is -2.43. The molecule has 0 saturated heterocycles. The second-order valence-electron chi connectivity index (χ2n) is 10.9. The summed E-state index contributed by atoms with van der Waals surface area (Å²) in [7, 11) is 0. The van der Waals surface area contributed by atoms with Crippen LogP contribution in [0.3, 0.4) is 0 Å². The first-order valence-electron chi connectivity index (χ1n) is 12.4. The van der Waals surface area contributed by atoms with Crippen molar-refractivity contribution in [2.45, 2.75) is 75.0 Å². The fourth-order valence-electron chi connectivity index (χ4n) is 7.73. The van der Waals surface area contributed by atoms with E-state index in [1.165, 1.54) is 24.8 Å². The maximum Gasteiger partial charge on any atom is 0.119 e. The van der Waals surface area contributed by atoms with Gasteiger partial charge in [0, 0.05) is 23.4 Å². The molecule has 2 aromatic carbocycles. The van der Waals surface area contributed by atoms with Crippen molar-refractivity contribution >= 4 is 17.2 Å². The largest absolute Gasteiger partial charge is 0.490 e. The minimum absolute atomic E-state index is 0.0626. The van der Waals surface area contributed by atoms with E-state index in [1.54, 1.807) is 0 Å². The van der Waals surface area contributed by atoms with E-state index in [9.17, 15) is 0 Å². The average molecular weight is 447 g/mol. The van der Waals surface area contributed by atoms with E-state index in [-0.39, 0.29) is 16.9 Å². The van der Waals surface area contributed by atoms with Crippen molar-refractivity contribution in [3.8, 4) is 5.75 Å². The first kappa shape index (κ1) is 20.7. The van der Waals surface area contributed by atoms with Crippen LogP contribution in [0.5, 0.6) is 5.75 Å². The van der Waals surface area contributed by atoms with Crippen molar-refractivity contribution in [3.63, 3.8) is 0 Å². The number of nitrogens with two attached hydrogens (primary N) is 1. The van der Waals surface area contributed by atoms with E-state index in [0.717, 1.165) is 42.8 Å². The highest BCUT2D eigenvalue weighted by Crippen LogP contribution is 2.71. The molecule has 5 atom stereocenters. The Kier molecular flexibility index (Phi) is 5.07. The van der Waals surface area contributed by atoms with Crippen LogP contribution in [-0.4, -0.2) is 23.2 Å². The van der Waals surface area contributed by atoms with Crippen LogP contribution >= 0.6 is 12.2 Å². The average Bonchev–Trinajstić information content (AvgIpc) is 3.19. The van der Waals surface area contributed by atoms with Gasteiger partial charge in [-0.2, -0.15) is 0 Å². The molecule has 7 rings (SSSR count). The van der Waals surface area contributed by atoms with Gasteiger partial charge in [-0.15, -0.1) is 0 Å². The molecule has 3 nitrogen and oxygen atoms in total. The topological polar surface area (TPSA) is 47.3 Å². The summed E-state index contributed by atoms with van der Waals surface area (Å²) in [6, 6.07) is 22.4. The summed E-state index contributed by atoms with van der Waals surface area (Å²) in [5, 5.41) is 3.86. The molecule has 2 aromatic rings. The maximum absolute atomic E-state index is 6.70. The lowest BCUT2D eigenvalue weighted by atomic mass is 9.63. The molecule has 3 N–H and O–H groups in total. The van der Waals surface area contributed by atoms with E-state index in [2.05, 4.69) is 66.0 Å². The summed E-state index contributed by atoms with van der Waals surface area (Å²) in [6.07, 6.45) is 9.48. The van der Waals surface area contributed by atoms with Crippen LogP contribution in [0.25, 0.3) is 0 Å². The molecule has 168 valence electrons. The number of nitrogens with one attached hydrogen (secondary N) is 1. The van der Waals surface area contributed by atoms with Gasteiger partial charge in [-0.25, -0.2) is 0 Å². The third-order valence-electron chi connectivity index (χ3n) is 9.08. The van der Waals surface area contributed by atoms with Gasteiger partial charge in [-0.1, -0.05) is 60.7 Å². The van der Waals surface area contributed by atoms with Crippen molar-refractivity contribution in [3.05, 3.63) is 66.2 Å². The van der Waals surface area contributed by atoms with Gasteiger partial charge in [0.1, 0.15) is 11.9 Å². The number of ether oxygens (including phenoxy) is 1. The van der Waals surface area contributed by atoms with E-state index >= 15 is 0 Å². The zero-order valence-corrected chi connectivity index (χ0v) is 19.5. The Labute approximate surface area is 197 Å². The molecule has 32 heavy (non-hydrogen) atoms. The number of para-hydroxylation sites is 1. The SMILES string of the molecule is NC1CCC(NC(=S)C23CC4CC(c5ccccc5)(CC2C4Oc2ccccc2)C3)CC1. The van der Waals surface area contributed by atoms with E-state index in [4.69, 9.17) is 22.7 Å². The Bertz CT molecular complexity index is 973. The van der Waals surface area contributed by atoms with E-state index < -0.39 is 0 Å². The second kappa shape index (κ2) is 7.85. The molecule has 5 fully saturated rings. The maximum atomic E-state index is 6.70. The highest BCUT2D eigenvalue weighted by atomic mass is 32.1. The van der Waals surface area contributed by atoms with Gasteiger partial charge >= 0.3 is 0 Å². The normalized spacial score (nSPS) is 39.7. The summed E-state index contributed by atoms with van der Waals surface area (Å²) in [5.41, 5.74) is 7.96. The first-order valence-corrected chi connectivity index (χ1v) is 12.8. The quantitative estimate of drug-likeness (QED) is 0.606. The van der Waals surface area contributed by atoms with Gasteiger partial charge in [0.15, 0.2) is 0 Å². The molecule has 0 aromatic heterocycles. The van der Waals surface area contributed by atoms with Crippen LogP contribution in [-0.2, 0) is 5.41 Å². The van der Waals surface area contributed by atoms with Crippen LogP contribution in [0.2, 0.25) is 0 Å². The number of hydrogen-bond acceptors (Lipinski definition) is 3. The summed E-state index contributed by atoms with van der Waals surface area (Å²) in [6.45, 7) is 0. The number of benzene rings is 2. The molecular formula is C28H34N2OS. The predicted molar refractivity (Wildman–Crippen MR) is 133 cm³/mol. The van der Waals surface area contributed by atoms with Gasteiger partial charge in [-0.05, 0) is 80.4 Å². The number of rotatable bonds is 5. The van der Waals surface area contributed by atoms with Gasteiger partial charge in [0.25, 0.3) is 0 Å². The zero-order chi connectivity index (χ0) is 21.8. The summed E-state index contributed by atoms with van der Waals surface area (Å²) < 4.78 is 6.70. The highest BCUT2D eigenvalue weighted by Gasteiger charge is 2.70. The standard InChI is InChI=1S/C28H34N2OS/c29-21-11-13-22(14-12-21)30-26(32)28-16-19-15-27(18-28,20-7-3-1-4-8-20)17-24(28)25(19)31-23-9-5-2-6-10-23/h1-10,19,21-22,24-25H,11-18,29H2,(H,30,32). The third-order valence-corrected chi connectivity index (χ3v) is 9.60. The predicted octanol–water partition coefficient (Wildman–Crippen LogP) is 5.38. The highest BCUT2D eigenvalue weighted by molar-refractivity contribution is 7.80. The molecular weight excluding hydrogens is 412 g/mol. The molecule has 0 aliphatic heterocycles. The smallest absolute Gasteiger partial charge is 0.119 e. The molecule has 5 saturated carbocycles. The molecule has 5 aliphatic rings. The van der Waals surface area contributed by atoms with Crippen LogP contribution < -0.4 is 15.8 Å². The van der Waals surface area contributed by atoms with Crippen molar-refractivity contribution in [2.24, 2.45) is 23.0 Å². The Hall–Kier alpha value is -1.91. The van der Waals surface area contributed by atoms with Crippen LogP contribution in [0.1, 0.15) is 56.9 Å². The lowest BCUT2D eigenvalue weighted by molar-refractivity contribution is 0.0628. The fraction of sp³-hybridized carbons (Fsp3) is 0.536. The van der Waals surface area contributed by atoms with Crippen molar-refractivity contribution in [2.75, 3.05) is 0 Å². The van der Waals surface area contributed by atoms with Gasteiger partial charge in [0.05, 0.1) is 4.99 Å². The molecule has 4 heteroatoms. The Morgan fingerprint density at radius 3 is 2.31 bits per heavy atom. The van der Waals surface area contributed by atoms with Crippen molar-refractivity contribution < 1.29 is 4.74 Å². The van der Waals surface area contributed by atoms with Crippen LogP contribution in [0.4, 0.5) is 0 Å². The molecule has 0 radical (unpaired) electrons. The van der Waals surface area contributed by atoms with Crippen molar-refractivity contribution in [1.82, 2.24) is 5.32 Å². The summed E-state index contributed by atoms with van der Waals surface area (Å²) in [4.78, 5) is 1.12. The third kappa shape index (κ3) is 3.30.